The molecular weight excluding hydrogens is 384 g/mol. The van der Waals surface area contributed by atoms with E-state index in [4.69, 9.17) is 10.5 Å². The second-order valence-electron chi connectivity index (χ2n) is 8.04. The van der Waals surface area contributed by atoms with E-state index in [-0.39, 0.29) is 23.8 Å². The third-order valence-electron chi connectivity index (χ3n) is 4.58. The fraction of sp³-hybridized carbons (Fsp3) is 0.632. The Morgan fingerprint density at radius 2 is 1.89 bits per heavy atom. The van der Waals surface area contributed by atoms with Crippen molar-refractivity contribution in [2.45, 2.75) is 67.5 Å². The number of benzene rings is 1. The number of nitrogens with one attached hydrogen (secondary N) is 1. The number of ether oxygens (including phenoxy) is 1. The lowest BCUT2D eigenvalue weighted by Crippen LogP contribution is -2.49. The highest BCUT2D eigenvalue weighted by Crippen LogP contribution is 2.28. The highest BCUT2D eigenvalue weighted by atomic mass is 32.2. The topological polar surface area (TPSA) is 98.5 Å². The molecule has 3 N–H and O–H groups in total. The van der Waals surface area contributed by atoms with Crippen LogP contribution in [0, 0.1) is 5.92 Å². The molecular formula is C19H30N2O4S2. The summed E-state index contributed by atoms with van der Waals surface area (Å²) in [6.07, 6.45) is 3.38. The van der Waals surface area contributed by atoms with E-state index in [1.54, 1.807) is 56.8 Å². The maximum Gasteiger partial charge on any atom is 0.407 e. The Morgan fingerprint density at radius 1 is 1.26 bits per heavy atom. The van der Waals surface area contributed by atoms with Gasteiger partial charge in [0, 0.05) is 17.0 Å². The molecule has 1 aromatic rings. The quantitative estimate of drug-likeness (QED) is 0.718. The van der Waals surface area contributed by atoms with E-state index in [1.807, 2.05) is 6.26 Å². The van der Waals surface area contributed by atoms with Gasteiger partial charge in [-0.3, -0.25) is 0 Å². The van der Waals surface area contributed by atoms with Gasteiger partial charge in [0.25, 0.3) is 0 Å². The van der Waals surface area contributed by atoms with E-state index in [0.717, 1.165) is 11.3 Å². The lowest BCUT2D eigenvalue weighted by atomic mass is 9.83. The van der Waals surface area contributed by atoms with Crippen molar-refractivity contribution in [3.63, 3.8) is 0 Å². The predicted octanol–water partition coefficient (Wildman–Crippen LogP) is 3.20. The molecule has 1 aliphatic rings. The maximum absolute atomic E-state index is 12.9. The van der Waals surface area contributed by atoms with Gasteiger partial charge in [-0.25, -0.2) is 13.2 Å². The van der Waals surface area contributed by atoms with Crippen LogP contribution in [0.15, 0.2) is 34.1 Å². The van der Waals surface area contributed by atoms with E-state index in [2.05, 4.69) is 5.32 Å². The molecule has 0 heterocycles. The van der Waals surface area contributed by atoms with Gasteiger partial charge < -0.3 is 15.8 Å². The first kappa shape index (κ1) is 22.0. The normalized spacial score (nSPS) is 23.7. The van der Waals surface area contributed by atoms with Gasteiger partial charge in [0.1, 0.15) is 5.60 Å². The molecule has 1 saturated carbocycles. The number of hydrogen-bond donors (Lipinski definition) is 2. The molecule has 0 aliphatic heterocycles. The lowest BCUT2D eigenvalue weighted by molar-refractivity contribution is 0.0470. The van der Waals surface area contributed by atoms with Crippen molar-refractivity contribution in [2.24, 2.45) is 11.7 Å². The molecule has 1 amide bonds. The van der Waals surface area contributed by atoms with Crippen molar-refractivity contribution in [3.8, 4) is 0 Å². The summed E-state index contributed by atoms with van der Waals surface area (Å²) in [6.45, 7) is 5.39. The minimum atomic E-state index is -3.47. The van der Waals surface area contributed by atoms with Gasteiger partial charge in [-0.15, -0.1) is 11.8 Å². The molecule has 152 valence electrons. The Balaban J connectivity index is 2.12. The summed E-state index contributed by atoms with van der Waals surface area (Å²) in [5.41, 5.74) is 5.47. The molecule has 0 bridgehead atoms. The number of carbonyl (C=O) groups is 1. The molecule has 1 aromatic carbocycles. The number of hydrogen-bond acceptors (Lipinski definition) is 6. The summed E-state index contributed by atoms with van der Waals surface area (Å²) in [7, 11) is -3.47. The Hall–Kier alpha value is -1.25. The van der Waals surface area contributed by atoms with Gasteiger partial charge in [0.15, 0.2) is 9.84 Å². The van der Waals surface area contributed by atoms with Gasteiger partial charge >= 0.3 is 6.09 Å². The average molecular weight is 415 g/mol. The van der Waals surface area contributed by atoms with Crippen molar-refractivity contribution >= 4 is 27.7 Å². The number of rotatable bonds is 5. The molecule has 2 rings (SSSR count). The van der Waals surface area contributed by atoms with E-state index < -0.39 is 21.5 Å². The predicted molar refractivity (Wildman–Crippen MR) is 109 cm³/mol. The van der Waals surface area contributed by atoms with Crippen LogP contribution in [-0.4, -0.2) is 44.2 Å². The Bertz CT molecular complexity index is 742. The van der Waals surface area contributed by atoms with Crippen LogP contribution in [0.3, 0.4) is 0 Å². The fourth-order valence-electron chi connectivity index (χ4n) is 3.29. The van der Waals surface area contributed by atoms with Gasteiger partial charge in [-0.05, 0) is 76.5 Å². The number of thioether (sulfide) groups is 1. The largest absolute Gasteiger partial charge is 0.444 e. The molecule has 0 saturated heterocycles. The molecule has 8 heteroatoms. The Labute approximate surface area is 166 Å². The van der Waals surface area contributed by atoms with Gasteiger partial charge in [0.2, 0.25) is 0 Å². The van der Waals surface area contributed by atoms with Crippen LogP contribution in [0.5, 0.6) is 0 Å². The van der Waals surface area contributed by atoms with E-state index >= 15 is 0 Å². The zero-order valence-electron chi connectivity index (χ0n) is 16.4. The molecule has 0 spiro atoms. The molecule has 1 fully saturated rings. The molecule has 0 radical (unpaired) electrons. The van der Waals surface area contributed by atoms with E-state index in [9.17, 15) is 13.2 Å². The van der Waals surface area contributed by atoms with Crippen LogP contribution < -0.4 is 11.1 Å². The smallest absolute Gasteiger partial charge is 0.407 e. The van der Waals surface area contributed by atoms with Crippen LogP contribution in [0.25, 0.3) is 0 Å². The summed E-state index contributed by atoms with van der Waals surface area (Å²) < 4.78 is 31.1. The minimum Gasteiger partial charge on any atom is -0.444 e. The van der Waals surface area contributed by atoms with Crippen LogP contribution in [0.2, 0.25) is 0 Å². The Kier molecular flexibility index (Phi) is 7.21. The average Bonchev–Trinajstić information content (AvgIpc) is 2.55. The fourth-order valence-corrected chi connectivity index (χ4v) is 5.38. The molecule has 6 nitrogen and oxygen atoms in total. The van der Waals surface area contributed by atoms with Crippen molar-refractivity contribution in [1.29, 1.82) is 0 Å². The van der Waals surface area contributed by atoms with Crippen molar-refractivity contribution in [3.05, 3.63) is 24.3 Å². The highest BCUT2D eigenvalue weighted by molar-refractivity contribution is 7.98. The molecule has 1 aliphatic carbocycles. The summed E-state index contributed by atoms with van der Waals surface area (Å²) in [5.74, 6) is -0.286. The second-order valence-corrected chi connectivity index (χ2v) is 11.0. The van der Waals surface area contributed by atoms with Crippen LogP contribution in [0.1, 0.15) is 40.0 Å². The summed E-state index contributed by atoms with van der Waals surface area (Å²) >= 11 is 1.56. The first-order valence-electron chi connectivity index (χ1n) is 9.12. The van der Waals surface area contributed by atoms with Crippen molar-refractivity contribution < 1.29 is 17.9 Å². The number of carbonyl (C=O) groups excluding carboxylic acids is 1. The number of sulfone groups is 1. The zero-order chi connectivity index (χ0) is 20.2. The van der Waals surface area contributed by atoms with Crippen LogP contribution >= 0.6 is 11.8 Å². The molecule has 0 aromatic heterocycles. The number of amides is 1. The first-order chi connectivity index (χ1) is 12.5. The van der Waals surface area contributed by atoms with Crippen LogP contribution in [-0.2, 0) is 14.6 Å². The van der Waals surface area contributed by atoms with Gasteiger partial charge in [-0.1, -0.05) is 0 Å². The van der Waals surface area contributed by atoms with Crippen molar-refractivity contribution in [1.82, 2.24) is 5.32 Å². The molecule has 3 atom stereocenters. The monoisotopic (exact) mass is 414 g/mol. The minimum absolute atomic E-state index is 0.0419. The molecule has 27 heavy (non-hydrogen) atoms. The number of nitrogens with two attached hydrogens (primary N) is 1. The van der Waals surface area contributed by atoms with Crippen molar-refractivity contribution in [2.75, 3.05) is 12.0 Å². The first-order valence-corrected chi connectivity index (χ1v) is 12.0. The SMILES string of the molecule is CSc1ccc(S(=O)(=O)C[C@H]2C[C@@H](N)CC[C@@H]2NC(=O)OC(C)(C)C)cc1. The molecule has 0 unspecified atom stereocenters. The number of alkyl carbamates (subject to hydrolysis) is 1. The summed E-state index contributed by atoms with van der Waals surface area (Å²) in [5, 5.41) is 2.85. The van der Waals surface area contributed by atoms with E-state index in [1.165, 1.54) is 0 Å². The van der Waals surface area contributed by atoms with Gasteiger partial charge in [-0.2, -0.15) is 0 Å². The Morgan fingerprint density at radius 3 is 2.44 bits per heavy atom. The lowest BCUT2D eigenvalue weighted by Gasteiger charge is -2.35. The second kappa shape index (κ2) is 8.84. The van der Waals surface area contributed by atoms with Gasteiger partial charge in [0.05, 0.1) is 10.6 Å². The third kappa shape index (κ3) is 6.69. The third-order valence-corrected chi connectivity index (χ3v) is 7.18. The maximum atomic E-state index is 12.9. The summed E-state index contributed by atoms with van der Waals surface area (Å²) in [4.78, 5) is 13.5. The van der Waals surface area contributed by atoms with Crippen LogP contribution in [0.4, 0.5) is 4.79 Å². The standard InChI is InChI=1S/C19H30N2O4S2/c1-19(2,3)25-18(22)21-17-10-5-14(20)11-13(17)12-27(23,24)16-8-6-15(26-4)7-9-16/h6-9,13-14,17H,5,10-12,20H2,1-4H3,(H,21,22)/t13-,14+,17+/m1/s1. The van der Waals surface area contributed by atoms with E-state index in [0.29, 0.717) is 17.7 Å². The highest BCUT2D eigenvalue weighted by Gasteiger charge is 2.34. The zero-order valence-corrected chi connectivity index (χ0v) is 18.0. The summed E-state index contributed by atoms with van der Waals surface area (Å²) in [6, 6.07) is 6.57.